The number of ether oxygens (including phenoxy) is 1. The second-order valence-corrected chi connectivity index (χ2v) is 7.43. The van der Waals surface area contributed by atoms with Crippen molar-refractivity contribution in [3.05, 3.63) is 100 Å². The summed E-state index contributed by atoms with van der Waals surface area (Å²) in [5, 5.41) is 3.86. The molecule has 3 aromatic carbocycles. The van der Waals surface area contributed by atoms with Crippen molar-refractivity contribution >= 4 is 17.5 Å². The number of hydrogen-bond acceptors (Lipinski definition) is 2. The van der Waals surface area contributed by atoms with E-state index in [1.165, 1.54) is 11.1 Å². The molecule has 0 saturated heterocycles. The van der Waals surface area contributed by atoms with Gasteiger partial charge >= 0.3 is 0 Å². The number of nitrogens with one attached hydrogen (secondary N) is 1. The molecule has 0 heterocycles. The van der Waals surface area contributed by atoms with Crippen LogP contribution in [0.2, 0.25) is 5.02 Å². The Bertz CT molecular complexity index is 986. The predicted molar refractivity (Wildman–Crippen MR) is 112 cm³/mol. The first-order valence-corrected chi connectivity index (χ1v) is 9.93. The Kier molecular flexibility index (Phi) is 5.63. The Hall–Kier alpha value is -2.78. The van der Waals surface area contributed by atoms with E-state index in [4.69, 9.17) is 16.3 Å². The third kappa shape index (κ3) is 4.20. The maximum absolute atomic E-state index is 12.8. The molecule has 0 aromatic heterocycles. The predicted octanol–water partition coefficient (Wildman–Crippen LogP) is 5.73. The lowest BCUT2D eigenvalue weighted by molar-refractivity contribution is 0.0932. The highest BCUT2D eigenvalue weighted by molar-refractivity contribution is 6.31. The fraction of sp³-hybridized carbons (Fsp3) is 0.208. The number of carbonyl (C=O) groups is 1. The molecule has 1 atom stereocenters. The van der Waals surface area contributed by atoms with Crippen molar-refractivity contribution in [2.45, 2.75) is 31.9 Å². The zero-order valence-electron chi connectivity index (χ0n) is 15.5. The van der Waals surface area contributed by atoms with Gasteiger partial charge in [-0.1, -0.05) is 60.1 Å². The fourth-order valence-corrected chi connectivity index (χ4v) is 3.84. The van der Waals surface area contributed by atoms with Gasteiger partial charge in [0, 0.05) is 16.1 Å². The monoisotopic (exact) mass is 391 g/mol. The van der Waals surface area contributed by atoms with Crippen molar-refractivity contribution in [2.75, 3.05) is 0 Å². The van der Waals surface area contributed by atoms with Gasteiger partial charge in [-0.25, -0.2) is 0 Å². The molecule has 3 nitrogen and oxygen atoms in total. The molecule has 0 aliphatic heterocycles. The maximum Gasteiger partial charge on any atom is 0.251 e. The molecule has 0 spiro atoms. The Morgan fingerprint density at radius 2 is 1.86 bits per heavy atom. The first kappa shape index (κ1) is 18.6. The second-order valence-electron chi connectivity index (χ2n) is 7.03. The van der Waals surface area contributed by atoms with E-state index in [1.54, 1.807) is 6.07 Å². The number of halogens is 1. The summed E-state index contributed by atoms with van der Waals surface area (Å²) in [6.07, 6.45) is 3.13. The Labute approximate surface area is 170 Å². The highest BCUT2D eigenvalue weighted by atomic mass is 35.5. The van der Waals surface area contributed by atoms with Crippen molar-refractivity contribution in [1.29, 1.82) is 0 Å². The van der Waals surface area contributed by atoms with Gasteiger partial charge in [-0.15, -0.1) is 0 Å². The van der Waals surface area contributed by atoms with Crippen LogP contribution >= 0.6 is 11.6 Å². The van der Waals surface area contributed by atoms with Crippen molar-refractivity contribution in [2.24, 2.45) is 0 Å². The van der Waals surface area contributed by atoms with Gasteiger partial charge in [0.05, 0.1) is 6.04 Å². The van der Waals surface area contributed by atoms with Crippen molar-refractivity contribution in [3.63, 3.8) is 0 Å². The van der Waals surface area contributed by atoms with Gasteiger partial charge in [-0.2, -0.15) is 0 Å². The lowest BCUT2D eigenvalue weighted by atomic mass is 9.87. The first-order chi connectivity index (χ1) is 13.7. The minimum Gasteiger partial charge on any atom is -0.489 e. The summed E-state index contributed by atoms with van der Waals surface area (Å²) in [7, 11) is 0. The van der Waals surface area contributed by atoms with Crippen LogP contribution in [-0.2, 0) is 13.0 Å². The standard InChI is InChI=1S/C24H22ClNO2/c25-22-13-4-2-8-19(22)16-28-20-11-5-10-18(15-20)24(27)26-23-14-6-9-17-7-1-3-12-21(17)23/h1-5,7-8,10-13,15,23H,6,9,14,16H2,(H,26,27)/t23-/m0/s1. The van der Waals surface area contributed by atoms with E-state index < -0.39 is 0 Å². The molecule has 0 fully saturated rings. The SMILES string of the molecule is O=C(N[C@H]1CCCc2ccccc21)c1cccc(OCc2ccccc2Cl)c1. The molecular formula is C24H22ClNO2. The number of aryl methyl sites for hydroxylation is 1. The smallest absolute Gasteiger partial charge is 0.251 e. The van der Waals surface area contributed by atoms with E-state index in [1.807, 2.05) is 48.5 Å². The molecule has 1 amide bonds. The van der Waals surface area contributed by atoms with Gasteiger partial charge in [0.15, 0.2) is 0 Å². The van der Waals surface area contributed by atoms with E-state index in [2.05, 4.69) is 23.5 Å². The molecule has 4 rings (SSSR count). The molecular weight excluding hydrogens is 370 g/mol. The number of rotatable bonds is 5. The molecule has 0 unspecified atom stereocenters. The summed E-state index contributed by atoms with van der Waals surface area (Å²) in [6.45, 7) is 0.362. The van der Waals surface area contributed by atoms with Crippen molar-refractivity contribution in [1.82, 2.24) is 5.32 Å². The van der Waals surface area contributed by atoms with Crippen LogP contribution in [0.25, 0.3) is 0 Å². The van der Waals surface area contributed by atoms with Gasteiger partial charge in [-0.05, 0) is 54.7 Å². The van der Waals surface area contributed by atoms with Crippen molar-refractivity contribution in [3.8, 4) is 5.75 Å². The van der Waals surface area contributed by atoms with Gasteiger partial charge in [0.1, 0.15) is 12.4 Å². The van der Waals surface area contributed by atoms with Gasteiger partial charge in [-0.3, -0.25) is 4.79 Å². The molecule has 0 radical (unpaired) electrons. The molecule has 142 valence electrons. The molecule has 1 aliphatic carbocycles. The quantitative estimate of drug-likeness (QED) is 0.603. The van der Waals surface area contributed by atoms with E-state index in [0.717, 1.165) is 24.8 Å². The third-order valence-electron chi connectivity index (χ3n) is 5.12. The zero-order valence-corrected chi connectivity index (χ0v) is 16.3. The minimum atomic E-state index is -0.0788. The third-order valence-corrected chi connectivity index (χ3v) is 5.49. The van der Waals surface area contributed by atoms with Crippen LogP contribution in [0.5, 0.6) is 5.75 Å². The second kappa shape index (κ2) is 8.49. The molecule has 1 aliphatic rings. The summed E-state index contributed by atoms with van der Waals surface area (Å²) in [5.41, 5.74) is 4.07. The van der Waals surface area contributed by atoms with Gasteiger partial charge in [0.25, 0.3) is 5.91 Å². The number of benzene rings is 3. The highest BCUT2D eigenvalue weighted by Gasteiger charge is 2.22. The largest absolute Gasteiger partial charge is 0.489 e. The van der Waals surface area contributed by atoms with Crippen molar-refractivity contribution < 1.29 is 9.53 Å². The van der Waals surface area contributed by atoms with Crippen LogP contribution in [-0.4, -0.2) is 5.91 Å². The molecule has 0 bridgehead atoms. The molecule has 1 N–H and O–H groups in total. The Balaban J connectivity index is 1.44. The van der Waals surface area contributed by atoms with E-state index >= 15 is 0 Å². The van der Waals surface area contributed by atoms with Gasteiger partial charge in [0.2, 0.25) is 0 Å². The molecule has 28 heavy (non-hydrogen) atoms. The van der Waals surface area contributed by atoms with Crippen LogP contribution < -0.4 is 10.1 Å². The minimum absolute atomic E-state index is 0.0603. The summed E-state index contributed by atoms with van der Waals surface area (Å²) in [4.78, 5) is 12.8. The fourth-order valence-electron chi connectivity index (χ4n) is 3.65. The maximum atomic E-state index is 12.8. The van der Waals surface area contributed by atoms with Crippen LogP contribution in [0.15, 0.2) is 72.8 Å². The van der Waals surface area contributed by atoms with Crippen LogP contribution in [0.3, 0.4) is 0 Å². The summed E-state index contributed by atoms with van der Waals surface area (Å²) < 4.78 is 5.85. The summed E-state index contributed by atoms with van der Waals surface area (Å²) in [5.74, 6) is 0.571. The lowest BCUT2D eigenvalue weighted by Crippen LogP contribution is -2.30. The number of carbonyl (C=O) groups excluding carboxylic acids is 1. The zero-order chi connectivity index (χ0) is 19.3. The number of hydrogen-bond donors (Lipinski definition) is 1. The normalized spacial score (nSPS) is 15.5. The summed E-state index contributed by atoms with van der Waals surface area (Å²) in [6, 6.07) is 23.3. The average Bonchev–Trinajstić information content (AvgIpc) is 2.74. The Morgan fingerprint density at radius 1 is 1.04 bits per heavy atom. The van der Waals surface area contributed by atoms with E-state index in [0.29, 0.717) is 22.9 Å². The molecule has 0 saturated carbocycles. The lowest BCUT2D eigenvalue weighted by Gasteiger charge is -2.26. The summed E-state index contributed by atoms with van der Waals surface area (Å²) >= 11 is 6.18. The molecule has 3 aromatic rings. The molecule has 4 heteroatoms. The Morgan fingerprint density at radius 3 is 2.75 bits per heavy atom. The number of amides is 1. The van der Waals surface area contributed by atoms with Crippen LogP contribution in [0.1, 0.15) is 45.9 Å². The highest BCUT2D eigenvalue weighted by Crippen LogP contribution is 2.30. The van der Waals surface area contributed by atoms with Gasteiger partial charge < -0.3 is 10.1 Å². The number of fused-ring (bicyclic) bond motifs is 1. The van der Waals surface area contributed by atoms with E-state index in [9.17, 15) is 4.79 Å². The topological polar surface area (TPSA) is 38.3 Å². The van der Waals surface area contributed by atoms with Crippen LogP contribution in [0, 0.1) is 0 Å². The van der Waals surface area contributed by atoms with E-state index in [-0.39, 0.29) is 11.9 Å². The first-order valence-electron chi connectivity index (χ1n) is 9.55. The average molecular weight is 392 g/mol. The van der Waals surface area contributed by atoms with Crippen LogP contribution in [0.4, 0.5) is 0 Å².